The monoisotopic (exact) mass is 246 g/mol. The number of benzene rings is 1. The highest BCUT2D eigenvalue weighted by atomic mass is 16.5. The van der Waals surface area contributed by atoms with Crippen LogP contribution in [0.4, 0.5) is 0 Å². The maximum Gasteiger partial charge on any atom is 0.197 e. The van der Waals surface area contributed by atoms with E-state index in [1.807, 2.05) is 24.3 Å². The Kier molecular flexibility index (Phi) is 3.30. The molecule has 1 unspecified atom stereocenters. The lowest BCUT2D eigenvalue weighted by atomic mass is 9.90. The number of nitrogens with zero attached hydrogens (tertiary/aromatic N) is 1. The molecule has 1 saturated heterocycles. The van der Waals surface area contributed by atoms with Crippen molar-refractivity contribution in [3.63, 3.8) is 0 Å². The molecule has 1 aromatic carbocycles. The third-order valence-electron chi connectivity index (χ3n) is 3.62. The fourth-order valence-corrected chi connectivity index (χ4v) is 2.52. The predicted octanol–water partition coefficient (Wildman–Crippen LogP) is 2.12. The summed E-state index contributed by atoms with van der Waals surface area (Å²) in [4.78, 5) is 4.47. The number of ether oxygens (including phenoxy) is 1. The number of hydrogen-bond donors (Lipinski definition) is 1. The first-order valence-electron chi connectivity index (χ1n) is 6.51. The van der Waals surface area contributed by atoms with Gasteiger partial charge in [0.15, 0.2) is 11.5 Å². The molecule has 18 heavy (non-hydrogen) atoms. The van der Waals surface area contributed by atoms with Crippen LogP contribution in [-0.2, 0) is 11.2 Å². The van der Waals surface area contributed by atoms with E-state index < -0.39 is 0 Å². The molecule has 2 aromatic rings. The second-order valence-corrected chi connectivity index (χ2v) is 4.89. The molecule has 0 spiro atoms. The van der Waals surface area contributed by atoms with Gasteiger partial charge in [-0.25, -0.2) is 4.98 Å². The zero-order chi connectivity index (χ0) is 12.4. The molecule has 1 aliphatic heterocycles. The van der Waals surface area contributed by atoms with Gasteiger partial charge in [0.2, 0.25) is 0 Å². The summed E-state index contributed by atoms with van der Waals surface area (Å²) in [5, 5.41) is 0. The zero-order valence-electron chi connectivity index (χ0n) is 10.3. The molecular formula is C14H18N2O2. The minimum absolute atomic E-state index is 0.113. The summed E-state index contributed by atoms with van der Waals surface area (Å²) in [5.41, 5.74) is 8.00. The fourth-order valence-electron chi connectivity index (χ4n) is 2.52. The van der Waals surface area contributed by atoms with Crippen molar-refractivity contribution in [2.75, 3.05) is 13.2 Å². The van der Waals surface area contributed by atoms with Gasteiger partial charge in [-0.15, -0.1) is 0 Å². The van der Waals surface area contributed by atoms with Crippen LogP contribution in [0.15, 0.2) is 28.7 Å². The van der Waals surface area contributed by atoms with Gasteiger partial charge in [-0.3, -0.25) is 0 Å². The Hall–Kier alpha value is -1.39. The van der Waals surface area contributed by atoms with Crippen LogP contribution in [-0.4, -0.2) is 24.2 Å². The lowest BCUT2D eigenvalue weighted by Gasteiger charge is -2.26. The van der Waals surface area contributed by atoms with E-state index >= 15 is 0 Å². The zero-order valence-corrected chi connectivity index (χ0v) is 10.3. The highest BCUT2D eigenvalue weighted by Crippen LogP contribution is 2.21. The van der Waals surface area contributed by atoms with E-state index in [1.54, 1.807) is 0 Å². The predicted molar refractivity (Wildman–Crippen MR) is 69.2 cm³/mol. The van der Waals surface area contributed by atoms with Gasteiger partial charge < -0.3 is 14.9 Å². The van der Waals surface area contributed by atoms with E-state index in [0.717, 1.165) is 43.0 Å². The number of oxazole rings is 1. The van der Waals surface area contributed by atoms with E-state index in [1.165, 1.54) is 0 Å². The van der Waals surface area contributed by atoms with Crippen LogP contribution in [0.3, 0.4) is 0 Å². The van der Waals surface area contributed by atoms with Crippen molar-refractivity contribution in [3.8, 4) is 0 Å². The number of nitrogens with two attached hydrogens (primary N) is 1. The summed E-state index contributed by atoms with van der Waals surface area (Å²) in [7, 11) is 0. The van der Waals surface area contributed by atoms with Gasteiger partial charge in [0.1, 0.15) is 5.52 Å². The van der Waals surface area contributed by atoms with Crippen molar-refractivity contribution in [3.05, 3.63) is 30.2 Å². The Morgan fingerprint density at radius 3 is 2.83 bits per heavy atom. The topological polar surface area (TPSA) is 61.3 Å². The van der Waals surface area contributed by atoms with Crippen molar-refractivity contribution in [2.45, 2.75) is 25.3 Å². The van der Waals surface area contributed by atoms with Gasteiger partial charge >= 0.3 is 0 Å². The van der Waals surface area contributed by atoms with Gasteiger partial charge in [-0.2, -0.15) is 0 Å². The number of para-hydroxylation sites is 2. The molecule has 0 aliphatic carbocycles. The average Bonchev–Trinajstić information content (AvgIpc) is 2.82. The first-order chi connectivity index (χ1) is 8.83. The number of fused-ring (bicyclic) bond motifs is 1. The molecule has 0 amide bonds. The molecule has 1 aliphatic rings. The lowest BCUT2D eigenvalue weighted by Crippen LogP contribution is -2.36. The molecule has 4 nitrogen and oxygen atoms in total. The van der Waals surface area contributed by atoms with E-state index in [4.69, 9.17) is 14.9 Å². The highest BCUT2D eigenvalue weighted by Gasteiger charge is 2.22. The summed E-state index contributed by atoms with van der Waals surface area (Å²) in [6, 6.07) is 7.93. The van der Waals surface area contributed by atoms with Gasteiger partial charge in [-0.05, 0) is 30.9 Å². The summed E-state index contributed by atoms with van der Waals surface area (Å²) in [5.74, 6) is 1.27. The second-order valence-electron chi connectivity index (χ2n) is 4.89. The van der Waals surface area contributed by atoms with E-state index in [2.05, 4.69) is 4.98 Å². The summed E-state index contributed by atoms with van der Waals surface area (Å²) in [6.45, 7) is 1.65. The van der Waals surface area contributed by atoms with Crippen LogP contribution in [0.25, 0.3) is 11.1 Å². The van der Waals surface area contributed by atoms with Gasteiger partial charge in [-0.1, -0.05) is 12.1 Å². The van der Waals surface area contributed by atoms with Gasteiger partial charge in [0, 0.05) is 25.7 Å². The Labute approximate surface area is 106 Å². The van der Waals surface area contributed by atoms with Crippen molar-refractivity contribution in [1.82, 2.24) is 4.98 Å². The molecule has 2 N–H and O–H groups in total. The van der Waals surface area contributed by atoms with E-state index in [-0.39, 0.29) is 6.04 Å². The highest BCUT2D eigenvalue weighted by molar-refractivity contribution is 5.72. The minimum Gasteiger partial charge on any atom is -0.441 e. The maximum atomic E-state index is 6.25. The first-order valence-corrected chi connectivity index (χ1v) is 6.51. The Morgan fingerprint density at radius 1 is 1.28 bits per heavy atom. The normalized spacial score (nSPS) is 19.2. The van der Waals surface area contributed by atoms with Gasteiger partial charge in [0.25, 0.3) is 0 Å². The largest absolute Gasteiger partial charge is 0.441 e. The molecule has 0 radical (unpaired) electrons. The van der Waals surface area contributed by atoms with E-state index in [0.29, 0.717) is 12.3 Å². The molecule has 3 rings (SSSR count). The minimum atomic E-state index is 0.113. The summed E-state index contributed by atoms with van der Waals surface area (Å²) in [6.07, 6.45) is 2.79. The molecule has 0 bridgehead atoms. The summed E-state index contributed by atoms with van der Waals surface area (Å²) >= 11 is 0. The third kappa shape index (κ3) is 2.40. The van der Waals surface area contributed by atoms with E-state index in [9.17, 15) is 0 Å². The Balaban J connectivity index is 1.71. The third-order valence-corrected chi connectivity index (χ3v) is 3.62. The Morgan fingerprint density at radius 2 is 2.06 bits per heavy atom. The van der Waals surface area contributed by atoms with Crippen molar-refractivity contribution in [2.24, 2.45) is 11.7 Å². The SMILES string of the molecule is NC(Cc1nc2ccccc2o1)C1CCOCC1. The number of rotatable bonds is 3. The second kappa shape index (κ2) is 5.08. The molecule has 96 valence electrons. The standard InChI is InChI=1S/C14H18N2O2/c15-11(10-5-7-17-8-6-10)9-14-16-12-3-1-2-4-13(12)18-14/h1-4,10-11H,5-9,15H2. The molecule has 1 fully saturated rings. The van der Waals surface area contributed by atoms with Crippen LogP contribution in [0, 0.1) is 5.92 Å². The molecular weight excluding hydrogens is 228 g/mol. The van der Waals surface area contributed by atoms with Gasteiger partial charge in [0.05, 0.1) is 0 Å². The number of aromatic nitrogens is 1. The van der Waals surface area contributed by atoms with Crippen LogP contribution in [0.2, 0.25) is 0 Å². The maximum absolute atomic E-state index is 6.25. The molecule has 4 heteroatoms. The van der Waals surface area contributed by atoms with Crippen molar-refractivity contribution >= 4 is 11.1 Å². The van der Waals surface area contributed by atoms with Crippen LogP contribution in [0.5, 0.6) is 0 Å². The Bertz CT molecular complexity index is 484. The van der Waals surface area contributed by atoms with Crippen LogP contribution in [0.1, 0.15) is 18.7 Å². The van der Waals surface area contributed by atoms with Crippen LogP contribution < -0.4 is 5.73 Å². The quantitative estimate of drug-likeness (QED) is 0.901. The lowest BCUT2D eigenvalue weighted by molar-refractivity contribution is 0.0578. The fraction of sp³-hybridized carbons (Fsp3) is 0.500. The average molecular weight is 246 g/mol. The van der Waals surface area contributed by atoms with Crippen molar-refractivity contribution in [1.29, 1.82) is 0 Å². The summed E-state index contributed by atoms with van der Waals surface area (Å²) < 4.78 is 11.1. The number of hydrogen-bond acceptors (Lipinski definition) is 4. The molecule has 2 heterocycles. The molecule has 0 saturated carbocycles. The first kappa shape index (κ1) is 11.7. The molecule has 1 atom stereocenters. The van der Waals surface area contributed by atoms with Crippen LogP contribution >= 0.6 is 0 Å². The molecule has 1 aromatic heterocycles. The smallest absolute Gasteiger partial charge is 0.197 e. The van der Waals surface area contributed by atoms with Crippen molar-refractivity contribution < 1.29 is 9.15 Å².